The average Bonchev–Trinajstić information content (AvgIpc) is 2.43. The minimum atomic E-state index is -0.542. The van der Waals surface area contributed by atoms with E-state index >= 15 is 0 Å². The predicted molar refractivity (Wildman–Crippen MR) is 83.4 cm³/mol. The van der Waals surface area contributed by atoms with Crippen molar-refractivity contribution in [3.05, 3.63) is 29.8 Å². The predicted octanol–water partition coefficient (Wildman–Crippen LogP) is 2.41. The fourth-order valence-electron chi connectivity index (χ4n) is 2.17. The molecule has 5 heteroatoms. The van der Waals surface area contributed by atoms with Gasteiger partial charge in [0.25, 0.3) is 0 Å². The normalized spacial score (nSPS) is 13.7. The molecule has 0 fully saturated rings. The number of rotatable bonds is 6. The van der Waals surface area contributed by atoms with Gasteiger partial charge in [-0.05, 0) is 30.5 Å². The van der Waals surface area contributed by atoms with E-state index in [1.54, 1.807) is 21.1 Å². The van der Waals surface area contributed by atoms with E-state index in [1.165, 1.54) is 4.90 Å². The number of likely N-dealkylation sites (N-methyl/N-ethyl adjacent to an activating group) is 1. The molecule has 2 unspecified atom stereocenters. The first-order chi connectivity index (χ1) is 9.85. The maximum Gasteiger partial charge on any atom is 0.317 e. The molecule has 0 aliphatic carbocycles. The van der Waals surface area contributed by atoms with E-state index in [1.807, 2.05) is 24.3 Å². The van der Waals surface area contributed by atoms with Gasteiger partial charge in [-0.3, -0.25) is 0 Å². The van der Waals surface area contributed by atoms with E-state index in [0.29, 0.717) is 6.54 Å². The number of methoxy groups -OCH3 is 1. The lowest BCUT2D eigenvalue weighted by Crippen LogP contribution is -2.43. The summed E-state index contributed by atoms with van der Waals surface area (Å²) in [6, 6.07) is 7.41. The lowest BCUT2D eigenvalue weighted by Gasteiger charge is -2.27. The van der Waals surface area contributed by atoms with Crippen LogP contribution >= 0.6 is 0 Å². The summed E-state index contributed by atoms with van der Waals surface area (Å²) in [6.07, 6.45) is -0.542. The van der Waals surface area contributed by atoms with Crippen LogP contribution in [0.5, 0.6) is 5.75 Å². The van der Waals surface area contributed by atoms with Gasteiger partial charge in [0.1, 0.15) is 5.75 Å². The van der Waals surface area contributed by atoms with E-state index in [4.69, 9.17) is 4.74 Å². The van der Waals surface area contributed by atoms with Crippen LogP contribution in [0.2, 0.25) is 0 Å². The molecule has 5 nitrogen and oxygen atoms in total. The van der Waals surface area contributed by atoms with Gasteiger partial charge in [-0.1, -0.05) is 26.0 Å². The van der Waals surface area contributed by atoms with Crippen LogP contribution in [0.4, 0.5) is 4.79 Å². The van der Waals surface area contributed by atoms with Crippen LogP contribution in [-0.4, -0.2) is 42.8 Å². The largest absolute Gasteiger partial charge is 0.497 e. The highest BCUT2D eigenvalue weighted by molar-refractivity contribution is 5.74. The van der Waals surface area contributed by atoms with E-state index < -0.39 is 6.10 Å². The standard InChI is InChI=1S/C16H26N2O3/c1-11(2)15(13-6-8-14(21-5)9-7-13)17-16(20)18(4)10-12(3)19/h6-9,11-12,15,19H,10H2,1-5H3,(H,17,20). The van der Waals surface area contributed by atoms with Gasteiger partial charge >= 0.3 is 6.03 Å². The molecule has 21 heavy (non-hydrogen) atoms. The molecule has 1 aromatic rings. The summed E-state index contributed by atoms with van der Waals surface area (Å²) >= 11 is 0. The zero-order valence-corrected chi connectivity index (χ0v) is 13.5. The number of hydrogen-bond donors (Lipinski definition) is 2. The Balaban J connectivity index is 2.79. The smallest absolute Gasteiger partial charge is 0.317 e. The molecule has 0 heterocycles. The second-order valence-electron chi connectivity index (χ2n) is 5.67. The number of hydrogen-bond acceptors (Lipinski definition) is 3. The number of carbonyl (C=O) groups excluding carboxylic acids is 1. The Morgan fingerprint density at radius 1 is 1.29 bits per heavy atom. The zero-order chi connectivity index (χ0) is 16.0. The topological polar surface area (TPSA) is 61.8 Å². The van der Waals surface area contributed by atoms with Crippen molar-refractivity contribution in [1.82, 2.24) is 10.2 Å². The summed E-state index contributed by atoms with van der Waals surface area (Å²) in [4.78, 5) is 13.7. The number of aliphatic hydroxyl groups is 1. The van der Waals surface area contributed by atoms with Gasteiger partial charge in [-0.25, -0.2) is 4.79 Å². The third-order valence-corrected chi connectivity index (χ3v) is 3.31. The fourth-order valence-corrected chi connectivity index (χ4v) is 2.17. The Bertz CT molecular complexity index is 443. The van der Waals surface area contributed by atoms with Crippen molar-refractivity contribution < 1.29 is 14.6 Å². The van der Waals surface area contributed by atoms with Gasteiger partial charge in [-0.15, -0.1) is 0 Å². The number of nitrogens with zero attached hydrogens (tertiary/aromatic N) is 1. The quantitative estimate of drug-likeness (QED) is 0.847. The third kappa shape index (κ3) is 5.27. The van der Waals surface area contributed by atoms with Crippen LogP contribution in [0.3, 0.4) is 0 Å². The molecule has 118 valence electrons. The summed E-state index contributed by atoms with van der Waals surface area (Å²) in [7, 11) is 3.30. The molecule has 0 aromatic heterocycles. The van der Waals surface area contributed by atoms with E-state index in [0.717, 1.165) is 11.3 Å². The Hall–Kier alpha value is -1.75. The van der Waals surface area contributed by atoms with Crippen molar-refractivity contribution in [1.29, 1.82) is 0 Å². The van der Waals surface area contributed by atoms with Crippen LogP contribution in [-0.2, 0) is 0 Å². The first-order valence-electron chi connectivity index (χ1n) is 7.18. The fraction of sp³-hybridized carbons (Fsp3) is 0.562. The molecule has 0 spiro atoms. The van der Waals surface area contributed by atoms with E-state index in [9.17, 15) is 9.90 Å². The highest BCUT2D eigenvalue weighted by Gasteiger charge is 2.20. The van der Waals surface area contributed by atoms with Crippen LogP contribution in [0.25, 0.3) is 0 Å². The summed E-state index contributed by atoms with van der Waals surface area (Å²) in [5.41, 5.74) is 1.03. The Kier molecular flexibility index (Phi) is 6.49. The molecule has 0 aliphatic heterocycles. The molecule has 2 N–H and O–H groups in total. The van der Waals surface area contributed by atoms with Crippen LogP contribution in [0.15, 0.2) is 24.3 Å². The first kappa shape index (κ1) is 17.3. The van der Waals surface area contributed by atoms with Gasteiger partial charge in [0.15, 0.2) is 0 Å². The molecule has 0 radical (unpaired) electrons. The van der Waals surface area contributed by atoms with Crippen molar-refractivity contribution in [2.45, 2.75) is 32.9 Å². The van der Waals surface area contributed by atoms with Crippen molar-refractivity contribution in [3.8, 4) is 5.75 Å². The summed E-state index contributed by atoms with van der Waals surface area (Å²) < 4.78 is 5.15. The second kappa shape index (κ2) is 7.88. The van der Waals surface area contributed by atoms with Crippen molar-refractivity contribution >= 4 is 6.03 Å². The second-order valence-corrected chi connectivity index (χ2v) is 5.67. The van der Waals surface area contributed by atoms with E-state index in [2.05, 4.69) is 19.2 Å². The Morgan fingerprint density at radius 3 is 2.29 bits per heavy atom. The molecule has 2 atom stereocenters. The summed E-state index contributed by atoms with van der Waals surface area (Å²) in [5.74, 6) is 1.04. The minimum Gasteiger partial charge on any atom is -0.497 e. The SMILES string of the molecule is COc1ccc(C(NC(=O)N(C)CC(C)O)C(C)C)cc1. The first-order valence-corrected chi connectivity index (χ1v) is 7.18. The molecule has 1 rings (SSSR count). The molecule has 2 amide bonds. The molecule has 0 saturated heterocycles. The maximum absolute atomic E-state index is 12.2. The molecule has 0 saturated carbocycles. The van der Waals surface area contributed by atoms with Gasteiger partial charge in [-0.2, -0.15) is 0 Å². The van der Waals surface area contributed by atoms with Gasteiger partial charge in [0.05, 0.1) is 19.3 Å². The van der Waals surface area contributed by atoms with Crippen LogP contribution in [0.1, 0.15) is 32.4 Å². The number of ether oxygens (including phenoxy) is 1. The van der Waals surface area contributed by atoms with Crippen LogP contribution in [0, 0.1) is 5.92 Å². The molecular weight excluding hydrogens is 268 g/mol. The van der Waals surface area contributed by atoms with Gasteiger partial charge in [0.2, 0.25) is 0 Å². The van der Waals surface area contributed by atoms with Crippen molar-refractivity contribution in [2.24, 2.45) is 5.92 Å². The number of aliphatic hydroxyl groups excluding tert-OH is 1. The lowest BCUT2D eigenvalue weighted by molar-refractivity contribution is 0.141. The highest BCUT2D eigenvalue weighted by Crippen LogP contribution is 2.24. The van der Waals surface area contributed by atoms with Gasteiger partial charge < -0.3 is 20.1 Å². The average molecular weight is 294 g/mol. The Labute approximate surface area is 126 Å². The summed E-state index contributed by atoms with van der Waals surface area (Å²) in [5, 5.41) is 12.4. The monoisotopic (exact) mass is 294 g/mol. The van der Waals surface area contributed by atoms with E-state index in [-0.39, 0.29) is 18.0 Å². The lowest BCUT2D eigenvalue weighted by atomic mass is 9.96. The number of urea groups is 1. The zero-order valence-electron chi connectivity index (χ0n) is 13.5. The Morgan fingerprint density at radius 2 is 1.86 bits per heavy atom. The number of benzene rings is 1. The van der Waals surface area contributed by atoms with Crippen molar-refractivity contribution in [2.75, 3.05) is 20.7 Å². The molecule has 0 aliphatic rings. The van der Waals surface area contributed by atoms with Gasteiger partial charge in [0, 0.05) is 13.6 Å². The number of amides is 2. The number of nitrogens with one attached hydrogen (secondary N) is 1. The molecular formula is C16H26N2O3. The minimum absolute atomic E-state index is 0.0835. The summed E-state index contributed by atoms with van der Waals surface area (Å²) in [6.45, 7) is 6.08. The number of carbonyl (C=O) groups is 1. The highest BCUT2D eigenvalue weighted by atomic mass is 16.5. The maximum atomic E-state index is 12.2. The molecule has 0 bridgehead atoms. The van der Waals surface area contributed by atoms with Crippen molar-refractivity contribution in [3.63, 3.8) is 0 Å². The third-order valence-electron chi connectivity index (χ3n) is 3.31. The molecule has 1 aromatic carbocycles. The van der Waals surface area contributed by atoms with Crippen LogP contribution < -0.4 is 10.1 Å².